The maximum Gasteiger partial charge on any atom is 0.323 e. The fourth-order valence-corrected chi connectivity index (χ4v) is 1.17. The Morgan fingerprint density at radius 3 is 2.18 bits per heavy atom. The van der Waals surface area contributed by atoms with Gasteiger partial charge in [-0.1, -0.05) is 13.3 Å². The van der Waals surface area contributed by atoms with Crippen molar-refractivity contribution in [3.8, 4) is 0 Å². The molecule has 0 saturated carbocycles. The molecule has 7 heteroatoms. The van der Waals surface area contributed by atoms with Crippen LogP contribution in [0.5, 0.6) is 0 Å². The molecule has 0 aliphatic rings. The summed E-state index contributed by atoms with van der Waals surface area (Å²) in [7, 11) is 0. The number of nitrogens with one attached hydrogen (secondary N) is 1. The predicted molar refractivity (Wildman–Crippen MR) is 76.3 cm³/mol. The molecule has 0 aromatic heterocycles. The van der Waals surface area contributed by atoms with Gasteiger partial charge in [0.25, 0.3) is 0 Å². The van der Waals surface area contributed by atoms with Crippen molar-refractivity contribution in [1.29, 1.82) is 0 Å². The Morgan fingerprint density at radius 2 is 1.82 bits per heavy atom. The highest BCUT2D eigenvalue weighted by molar-refractivity contribution is 7.59. The second-order valence-corrected chi connectivity index (χ2v) is 3.32. The highest BCUT2D eigenvalue weighted by Crippen LogP contribution is 2.01. The highest BCUT2D eigenvalue weighted by Gasteiger charge is 2.23. The number of esters is 1. The number of aliphatic carboxylic acids is 1. The molecule has 2 atom stereocenters. The molecule has 0 radical (unpaired) electrons. The van der Waals surface area contributed by atoms with Gasteiger partial charge >= 0.3 is 11.9 Å². The third kappa shape index (κ3) is 9.31. The lowest BCUT2D eigenvalue weighted by Crippen LogP contribution is -2.46. The number of hydrogen-bond acceptors (Lipinski definition) is 4. The first-order chi connectivity index (χ1) is 7.02. The molecule has 17 heavy (non-hydrogen) atoms. The number of carboxylic acid groups (broad SMARTS) is 1. The monoisotopic (exact) mass is 285 g/mol. The first-order valence-corrected chi connectivity index (χ1v) is 5.18. The van der Waals surface area contributed by atoms with E-state index < -0.39 is 18.1 Å². The van der Waals surface area contributed by atoms with Crippen LogP contribution in [0.4, 0.5) is 0 Å². The molecule has 0 heterocycles. The summed E-state index contributed by atoms with van der Waals surface area (Å²) >= 11 is 0. The molecule has 0 fully saturated rings. The van der Waals surface area contributed by atoms with Crippen molar-refractivity contribution in [3.63, 3.8) is 0 Å². The van der Waals surface area contributed by atoms with E-state index in [1.165, 1.54) is 6.92 Å². The molecule has 0 aromatic carbocycles. The van der Waals surface area contributed by atoms with E-state index in [4.69, 9.17) is 9.84 Å². The molecule has 0 bridgehead atoms. The van der Waals surface area contributed by atoms with Crippen molar-refractivity contribution < 1.29 is 19.4 Å². The Bertz CT molecular complexity index is 226. The van der Waals surface area contributed by atoms with Gasteiger partial charge in [0.2, 0.25) is 0 Å². The van der Waals surface area contributed by atoms with Crippen molar-refractivity contribution >= 4 is 38.9 Å². The van der Waals surface area contributed by atoms with Crippen LogP contribution in [-0.2, 0) is 14.3 Å². The summed E-state index contributed by atoms with van der Waals surface area (Å²) in [6.45, 7) is 5.47. The van der Waals surface area contributed by atoms with Crippen molar-refractivity contribution in [2.75, 3.05) is 6.61 Å². The van der Waals surface area contributed by atoms with E-state index in [2.05, 4.69) is 5.32 Å². The van der Waals surface area contributed by atoms with Gasteiger partial charge in [-0.3, -0.25) is 14.9 Å². The van der Waals surface area contributed by atoms with E-state index in [0.29, 0.717) is 13.0 Å². The van der Waals surface area contributed by atoms with E-state index in [0.717, 1.165) is 6.42 Å². The summed E-state index contributed by atoms with van der Waals surface area (Å²) in [6.07, 6.45) is 1.37. The van der Waals surface area contributed by atoms with Crippen LogP contribution in [0.25, 0.3) is 0 Å². The van der Waals surface area contributed by atoms with Crippen LogP contribution in [-0.4, -0.2) is 35.7 Å². The minimum absolute atomic E-state index is 0. The Labute approximate surface area is 116 Å². The van der Waals surface area contributed by atoms with E-state index in [1.54, 1.807) is 6.92 Å². The molecule has 0 aliphatic heterocycles. The Balaban J connectivity index is -0.000000980. The van der Waals surface area contributed by atoms with Gasteiger partial charge in [0.05, 0.1) is 6.61 Å². The summed E-state index contributed by atoms with van der Waals surface area (Å²) in [5.41, 5.74) is 0. The molecular formula is C10H23NO4S2. The molecule has 104 valence electrons. The fraction of sp³-hybridized carbons (Fsp3) is 0.800. The first kappa shape index (κ1) is 21.8. The molecular weight excluding hydrogens is 262 g/mol. The van der Waals surface area contributed by atoms with Gasteiger partial charge in [-0.05, 0) is 20.3 Å². The van der Waals surface area contributed by atoms with Gasteiger partial charge in [-0.2, -0.15) is 27.0 Å². The predicted octanol–water partition coefficient (Wildman–Crippen LogP) is 1.01. The third-order valence-corrected chi connectivity index (χ3v) is 1.97. The quantitative estimate of drug-likeness (QED) is 0.683. The zero-order valence-corrected chi connectivity index (χ0v) is 12.4. The summed E-state index contributed by atoms with van der Waals surface area (Å²) < 4.78 is 4.84. The van der Waals surface area contributed by atoms with Crippen LogP contribution < -0.4 is 5.32 Å². The maximum absolute atomic E-state index is 11.4. The Morgan fingerprint density at radius 1 is 1.29 bits per heavy atom. The number of rotatable bonds is 7. The maximum atomic E-state index is 11.4. The Kier molecular flexibility index (Phi) is 15.5. The summed E-state index contributed by atoms with van der Waals surface area (Å²) in [5.74, 6) is -1.35. The largest absolute Gasteiger partial charge is 0.480 e. The van der Waals surface area contributed by atoms with Crippen LogP contribution >= 0.6 is 27.0 Å². The molecule has 0 rings (SSSR count). The van der Waals surface area contributed by atoms with Gasteiger partial charge in [-0.25, -0.2) is 0 Å². The second-order valence-electron chi connectivity index (χ2n) is 3.32. The van der Waals surface area contributed by atoms with Gasteiger partial charge in [0.15, 0.2) is 0 Å². The van der Waals surface area contributed by atoms with Crippen molar-refractivity contribution in [2.45, 2.75) is 45.7 Å². The van der Waals surface area contributed by atoms with Crippen molar-refractivity contribution in [3.05, 3.63) is 0 Å². The topological polar surface area (TPSA) is 75.6 Å². The zero-order valence-electron chi connectivity index (χ0n) is 10.4. The SMILES string of the molecule is CCC[C@H](N[C@@H](C)C(=O)O)C(=O)OCC.S.S. The van der Waals surface area contributed by atoms with Gasteiger partial charge in [0.1, 0.15) is 12.1 Å². The molecule has 5 nitrogen and oxygen atoms in total. The van der Waals surface area contributed by atoms with Gasteiger partial charge < -0.3 is 9.84 Å². The first-order valence-electron chi connectivity index (χ1n) is 5.18. The molecule has 0 unspecified atom stereocenters. The molecule has 0 spiro atoms. The lowest BCUT2D eigenvalue weighted by atomic mass is 10.1. The number of ether oxygens (including phenoxy) is 1. The average Bonchev–Trinajstić information content (AvgIpc) is 2.17. The van der Waals surface area contributed by atoms with E-state index >= 15 is 0 Å². The van der Waals surface area contributed by atoms with Crippen LogP contribution in [0.15, 0.2) is 0 Å². The fourth-order valence-electron chi connectivity index (χ4n) is 1.17. The van der Waals surface area contributed by atoms with E-state index in [-0.39, 0.29) is 33.0 Å². The smallest absolute Gasteiger partial charge is 0.323 e. The van der Waals surface area contributed by atoms with Crippen LogP contribution in [0.3, 0.4) is 0 Å². The highest BCUT2D eigenvalue weighted by atomic mass is 32.1. The average molecular weight is 285 g/mol. The zero-order chi connectivity index (χ0) is 11.8. The minimum Gasteiger partial charge on any atom is -0.480 e. The lowest BCUT2D eigenvalue weighted by molar-refractivity contribution is -0.147. The molecule has 0 aromatic rings. The summed E-state index contributed by atoms with van der Waals surface area (Å²) in [5, 5.41) is 11.4. The number of hydrogen-bond donors (Lipinski definition) is 2. The van der Waals surface area contributed by atoms with E-state index in [1.807, 2.05) is 6.92 Å². The number of carboxylic acids is 1. The molecule has 0 amide bonds. The normalized spacial score (nSPS) is 12.6. The molecule has 0 saturated heterocycles. The van der Waals surface area contributed by atoms with Gasteiger partial charge in [-0.15, -0.1) is 0 Å². The van der Waals surface area contributed by atoms with Crippen LogP contribution in [0.1, 0.15) is 33.6 Å². The standard InChI is InChI=1S/C10H19NO4.2H2S/c1-4-6-8(10(14)15-5-2)11-7(3)9(12)13;;/h7-8,11H,4-6H2,1-3H3,(H,12,13);2*1H2/t7-,8-;;/m0../s1. The van der Waals surface area contributed by atoms with Crippen LogP contribution in [0.2, 0.25) is 0 Å². The summed E-state index contributed by atoms with van der Waals surface area (Å²) in [6, 6.07) is -1.27. The van der Waals surface area contributed by atoms with Crippen molar-refractivity contribution in [2.24, 2.45) is 0 Å². The molecule has 0 aliphatic carbocycles. The van der Waals surface area contributed by atoms with Crippen molar-refractivity contribution in [1.82, 2.24) is 5.32 Å². The minimum atomic E-state index is -0.972. The lowest BCUT2D eigenvalue weighted by Gasteiger charge is -2.18. The third-order valence-electron chi connectivity index (χ3n) is 1.97. The number of carbonyl (C=O) groups excluding carboxylic acids is 1. The van der Waals surface area contributed by atoms with Crippen LogP contribution in [0, 0.1) is 0 Å². The Hall–Kier alpha value is -0.400. The van der Waals surface area contributed by atoms with E-state index in [9.17, 15) is 9.59 Å². The molecule has 2 N–H and O–H groups in total. The van der Waals surface area contributed by atoms with Gasteiger partial charge in [0, 0.05) is 0 Å². The summed E-state index contributed by atoms with van der Waals surface area (Å²) in [4.78, 5) is 22.0. The second kappa shape index (κ2) is 12.1. The number of carbonyl (C=O) groups is 2.